The van der Waals surface area contributed by atoms with Crippen LogP contribution in [0.3, 0.4) is 0 Å². The van der Waals surface area contributed by atoms with Gasteiger partial charge in [0.15, 0.2) is 5.13 Å². The number of benzene rings is 1. The Morgan fingerprint density at radius 2 is 2.00 bits per heavy atom. The van der Waals surface area contributed by atoms with Crippen LogP contribution in [-0.2, 0) is 14.6 Å². The third kappa shape index (κ3) is 4.43. The molecule has 0 saturated heterocycles. The summed E-state index contributed by atoms with van der Waals surface area (Å²) in [6, 6.07) is 9.62. The summed E-state index contributed by atoms with van der Waals surface area (Å²) in [5, 5.41) is 4.93. The van der Waals surface area contributed by atoms with Crippen molar-refractivity contribution in [2.75, 3.05) is 17.3 Å². The van der Waals surface area contributed by atoms with E-state index in [0.29, 0.717) is 5.13 Å². The molecule has 20 heavy (non-hydrogen) atoms. The number of hydrogen-bond acceptors (Lipinski definition) is 5. The van der Waals surface area contributed by atoms with Crippen molar-refractivity contribution in [3.63, 3.8) is 0 Å². The van der Waals surface area contributed by atoms with Crippen LogP contribution in [0.1, 0.15) is 6.42 Å². The second kappa shape index (κ2) is 6.15. The number of anilines is 1. The molecule has 106 valence electrons. The Labute approximate surface area is 121 Å². The van der Waals surface area contributed by atoms with Crippen LogP contribution in [0.2, 0.25) is 0 Å². The first kappa shape index (κ1) is 14.7. The first-order valence-corrected chi connectivity index (χ1v) is 8.86. The van der Waals surface area contributed by atoms with Gasteiger partial charge < -0.3 is 5.32 Å². The summed E-state index contributed by atoms with van der Waals surface area (Å²) < 4.78 is 22.0. The quantitative estimate of drug-likeness (QED) is 0.918. The molecular formula is C13H14N2O3S2. The highest BCUT2D eigenvalue weighted by molar-refractivity contribution is 7.90. The van der Waals surface area contributed by atoms with Crippen LogP contribution >= 0.6 is 11.3 Å². The van der Waals surface area contributed by atoms with Gasteiger partial charge in [-0.25, -0.2) is 13.4 Å². The van der Waals surface area contributed by atoms with Gasteiger partial charge in [0, 0.05) is 23.6 Å². The van der Waals surface area contributed by atoms with Gasteiger partial charge in [0.1, 0.15) is 9.84 Å². The summed E-state index contributed by atoms with van der Waals surface area (Å²) in [4.78, 5) is 15.9. The Bertz CT molecular complexity index is 693. The number of aromatic nitrogens is 1. The summed E-state index contributed by atoms with van der Waals surface area (Å²) in [7, 11) is -3.13. The molecule has 0 spiro atoms. The van der Waals surface area contributed by atoms with Crippen LogP contribution in [0.25, 0.3) is 11.3 Å². The smallest absolute Gasteiger partial charge is 0.227 e. The number of nitrogens with one attached hydrogen (secondary N) is 1. The predicted molar refractivity (Wildman–Crippen MR) is 80.5 cm³/mol. The Kier molecular flexibility index (Phi) is 4.51. The topological polar surface area (TPSA) is 76.1 Å². The van der Waals surface area contributed by atoms with Crippen LogP contribution < -0.4 is 5.32 Å². The summed E-state index contributed by atoms with van der Waals surface area (Å²) in [5.41, 5.74) is 1.76. The molecule has 0 radical (unpaired) electrons. The van der Waals surface area contributed by atoms with E-state index in [4.69, 9.17) is 0 Å². The number of amides is 1. The highest BCUT2D eigenvalue weighted by Gasteiger charge is 2.10. The fourth-order valence-corrected chi connectivity index (χ4v) is 2.82. The van der Waals surface area contributed by atoms with Gasteiger partial charge >= 0.3 is 0 Å². The minimum Gasteiger partial charge on any atom is -0.302 e. The van der Waals surface area contributed by atoms with Crippen LogP contribution in [0.4, 0.5) is 5.13 Å². The molecule has 1 N–H and O–H groups in total. The van der Waals surface area contributed by atoms with Crippen molar-refractivity contribution >= 4 is 32.2 Å². The largest absolute Gasteiger partial charge is 0.302 e. The Morgan fingerprint density at radius 1 is 1.30 bits per heavy atom. The van der Waals surface area contributed by atoms with Gasteiger partial charge in [-0.2, -0.15) is 0 Å². The molecule has 1 heterocycles. The molecule has 0 unspecified atom stereocenters. The number of sulfone groups is 1. The molecule has 0 aliphatic carbocycles. The van der Waals surface area contributed by atoms with E-state index in [-0.39, 0.29) is 18.1 Å². The number of hydrogen-bond donors (Lipinski definition) is 1. The predicted octanol–water partition coefficient (Wildman–Crippen LogP) is 2.18. The lowest BCUT2D eigenvalue weighted by atomic mass is 10.2. The third-order valence-electron chi connectivity index (χ3n) is 2.52. The Morgan fingerprint density at radius 3 is 2.65 bits per heavy atom. The number of carbonyl (C=O) groups is 1. The molecule has 2 aromatic rings. The van der Waals surface area contributed by atoms with Gasteiger partial charge in [-0.1, -0.05) is 30.3 Å². The lowest BCUT2D eigenvalue weighted by Gasteiger charge is -2.00. The molecule has 1 amide bonds. The molecule has 0 aliphatic rings. The average molecular weight is 310 g/mol. The maximum absolute atomic E-state index is 11.6. The van der Waals surface area contributed by atoms with Crippen LogP contribution in [-0.4, -0.2) is 31.3 Å². The van der Waals surface area contributed by atoms with Crippen LogP contribution in [0, 0.1) is 0 Å². The molecule has 7 heteroatoms. The molecule has 1 aromatic carbocycles. The molecule has 0 bridgehead atoms. The Hall–Kier alpha value is -1.73. The SMILES string of the molecule is CS(=O)(=O)CCC(=O)Nc1nc(-c2ccccc2)cs1. The zero-order valence-corrected chi connectivity index (χ0v) is 12.5. The summed E-state index contributed by atoms with van der Waals surface area (Å²) in [6.45, 7) is 0. The first-order valence-electron chi connectivity index (χ1n) is 5.92. The summed E-state index contributed by atoms with van der Waals surface area (Å²) in [6.07, 6.45) is 1.05. The maximum Gasteiger partial charge on any atom is 0.227 e. The zero-order chi connectivity index (χ0) is 14.6. The second-order valence-corrected chi connectivity index (χ2v) is 7.45. The lowest BCUT2D eigenvalue weighted by molar-refractivity contribution is -0.115. The lowest BCUT2D eigenvalue weighted by Crippen LogP contribution is -2.16. The highest BCUT2D eigenvalue weighted by Crippen LogP contribution is 2.24. The number of nitrogens with zero attached hydrogens (tertiary/aromatic N) is 1. The van der Waals surface area contributed by atoms with E-state index in [1.54, 1.807) is 0 Å². The minimum absolute atomic E-state index is 0.0565. The van der Waals surface area contributed by atoms with E-state index in [1.807, 2.05) is 35.7 Å². The molecule has 1 aromatic heterocycles. The van der Waals surface area contributed by atoms with Crippen molar-refractivity contribution in [3.8, 4) is 11.3 Å². The summed E-state index contributed by atoms with van der Waals surface area (Å²) >= 11 is 1.31. The summed E-state index contributed by atoms with van der Waals surface area (Å²) in [5.74, 6) is -0.500. The van der Waals surface area contributed by atoms with E-state index in [1.165, 1.54) is 11.3 Å². The van der Waals surface area contributed by atoms with Gasteiger partial charge in [0.25, 0.3) is 0 Å². The fraction of sp³-hybridized carbons (Fsp3) is 0.231. The normalized spacial score (nSPS) is 11.2. The van der Waals surface area contributed by atoms with Crippen molar-refractivity contribution in [2.24, 2.45) is 0 Å². The van der Waals surface area contributed by atoms with Gasteiger partial charge in [-0.15, -0.1) is 11.3 Å². The molecule has 0 saturated carbocycles. The van der Waals surface area contributed by atoms with Gasteiger partial charge in [0.05, 0.1) is 11.4 Å². The van der Waals surface area contributed by atoms with Gasteiger partial charge in [0.2, 0.25) is 5.91 Å². The zero-order valence-electron chi connectivity index (χ0n) is 10.9. The number of carbonyl (C=O) groups excluding carboxylic acids is 1. The molecule has 0 aliphatic heterocycles. The minimum atomic E-state index is -3.13. The van der Waals surface area contributed by atoms with E-state index >= 15 is 0 Å². The number of thiazole rings is 1. The second-order valence-electron chi connectivity index (χ2n) is 4.33. The van der Waals surface area contributed by atoms with Crippen molar-refractivity contribution in [1.82, 2.24) is 4.98 Å². The van der Waals surface area contributed by atoms with E-state index in [9.17, 15) is 13.2 Å². The van der Waals surface area contributed by atoms with Gasteiger partial charge in [-0.3, -0.25) is 4.79 Å². The molecule has 5 nitrogen and oxygen atoms in total. The standard InChI is InChI=1S/C13H14N2O3S2/c1-20(17,18)8-7-12(16)15-13-14-11(9-19-13)10-5-3-2-4-6-10/h2-6,9H,7-8H2,1H3,(H,14,15,16). The van der Waals surface area contributed by atoms with E-state index < -0.39 is 9.84 Å². The van der Waals surface area contributed by atoms with Crippen molar-refractivity contribution in [3.05, 3.63) is 35.7 Å². The van der Waals surface area contributed by atoms with E-state index in [2.05, 4.69) is 10.3 Å². The fourth-order valence-electron chi connectivity index (χ4n) is 1.53. The molecule has 2 rings (SSSR count). The van der Waals surface area contributed by atoms with E-state index in [0.717, 1.165) is 17.5 Å². The van der Waals surface area contributed by atoms with Crippen LogP contribution in [0.15, 0.2) is 35.7 Å². The van der Waals surface area contributed by atoms with Crippen molar-refractivity contribution in [2.45, 2.75) is 6.42 Å². The highest BCUT2D eigenvalue weighted by atomic mass is 32.2. The average Bonchev–Trinajstić information content (AvgIpc) is 2.85. The Balaban J connectivity index is 1.98. The van der Waals surface area contributed by atoms with Gasteiger partial charge in [-0.05, 0) is 0 Å². The third-order valence-corrected chi connectivity index (χ3v) is 4.22. The monoisotopic (exact) mass is 310 g/mol. The van der Waals surface area contributed by atoms with Crippen LogP contribution in [0.5, 0.6) is 0 Å². The van der Waals surface area contributed by atoms with Crippen molar-refractivity contribution < 1.29 is 13.2 Å². The molecule has 0 fully saturated rings. The van der Waals surface area contributed by atoms with Crippen molar-refractivity contribution in [1.29, 1.82) is 0 Å². The first-order chi connectivity index (χ1) is 9.44. The molecule has 0 atom stereocenters. The maximum atomic E-state index is 11.6. The number of rotatable bonds is 5. The molecular weight excluding hydrogens is 296 g/mol.